The second-order valence-electron chi connectivity index (χ2n) is 5.87. The van der Waals surface area contributed by atoms with Gasteiger partial charge in [-0.05, 0) is 45.4 Å². The van der Waals surface area contributed by atoms with Crippen LogP contribution in [0.4, 0.5) is 4.79 Å². The first-order valence-corrected chi connectivity index (χ1v) is 8.17. The Labute approximate surface area is 147 Å². The van der Waals surface area contributed by atoms with E-state index in [2.05, 4.69) is 10.6 Å². The van der Waals surface area contributed by atoms with Crippen molar-refractivity contribution in [2.24, 2.45) is 0 Å². The minimum Gasteiger partial charge on any atom is -0.493 e. The molecule has 1 aliphatic rings. The van der Waals surface area contributed by atoms with Gasteiger partial charge in [-0.2, -0.15) is 0 Å². The lowest BCUT2D eigenvalue weighted by atomic mass is 9.95. The van der Waals surface area contributed by atoms with Gasteiger partial charge in [-0.15, -0.1) is 0 Å². The summed E-state index contributed by atoms with van der Waals surface area (Å²) in [5, 5.41) is 5.39. The third-order valence-electron chi connectivity index (χ3n) is 3.65. The van der Waals surface area contributed by atoms with E-state index < -0.39 is 12.0 Å². The summed E-state index contributed by atoms with van der Waals surface area (Å²) >= 11 is 0. The molecule has 0 unspecified atom stereocenters. The number of carbonyl (C=O) groups excluding carboxylic acids is 2. The normalized spacial score (nSPS) is 17.0. The first-order chi connectivity index (χ1) is 11.9. The maximum Gasteiger partial charge on any atom is 0.338 e. The molecule has 0 saturated carbocycles. The zero-order chi connectivity index (χ0) is 18.6. The first kappa shape index (κ1) is 18.6. The number of hydrogen-bond acceptors (Lipinski definition) is 5. The van der Waals surface area contributed by atoms with Gasteiger partial charge in [-0.25, -0.2) is 9.59 Å². The molecule has 1 aromatic rings. The van der Waals surface area contributed by atoms with E-state index in [4.69, 9.17) is 14.2 Å². The standard InChI is InChI=1S/C18H24N2O5/c1-6-24-14-9-12(7-8-13(14)23-5)16-15(17(21)25-10(2)3)11(4)19-18(22)20-16/h7-10,16H,6H2,1-5H3,(H2,19,20,22)/t16-/m0/s1. The monoisotopic (exact) mass is 348 g/mol. The molecule has 0 bridgehead atoms. The molecule has 2 amide bonds. The van der Waals surface area contributed by atoms with Crippen molar-refractivity contribution >= 4 is 12.0 Å². The highest BCUT2D eigenvalue weighted by molar-refractivity contribution is 5.95. The lowest BCUT2D eigenvalue weighted by molar-refractivity contribution is -0.143. The lowest BCUT2D eigenvalue weighted by Gasteiger charge is -2.29. The van der Waals surface area contributed by atoms with E-state index in [9.17, 15) is 9.59 Å². The van der Waals surface area contributed by atoms with Crippen molar-refractivity contribution < 1.29 is 23.8 Å². The Morgan fingerprint density at radius 3 is 2.60 bits per heavy atom. The van der Waals surface area contributed by atoms with Gasteiger partial charge < -0.3 is 24.8 Å². The largest absolute Gasteiger partial charge is 0.493 e. The average Bonchev–Trinajstić information content (AvgIpc) is 2.53. The SMILES string of the molecule is CCOc1cc([C@@H]2NC(=O)NC(C)=C2C(=O)OC(C)C)ccc1OC. The van der Waals surface area contributed by atoms with Crippen molar-refractivity contribution in [3.05, 3.63) is 35.0 Å². The zero-order valence-corrected chi connectivity index (χ0v) is 15.1. The Hall–Kier alpha value is -2.70. The van der Waals surface area contributed by atoms with Crippen LogP contribution in [0, 0.1) is 0 Å². The van der Waals surface area contributed by atoms with Crippen LogP contribution in [0.5, 0.6) is 11.5 Å². The van der Waals surface area contributed by atoms with Gasteiger partial charge in [0.15, 0.2) is 11.5 Å². The number of carbonyl (C=O) groups is 2. The van der Waals surface area contributed by atoms with E-state index in [0.717, 1.165) is 0 Å². The molecule has 0 saturated heterocycles. The Kier molecular flexibility index (Phi) is 5.90. The fourth-order valence-electron chi connectivity index (χ4n) is 2.63. The molecule has 2 N–H and O–H groups in total. The number of urea groups is 1. The maximum atomic E-state index is 12.5. The molecule has 0 fully saturated rings. The van der Waals surface area contributed by atoms with Crippen LogP contribution in [-0.4, -0.2) is 31.8 Å². The average molecular weight is 348 g/mol. The van der Waals surface area contributed by atoms with Crippen molar-refractivity contribution in [1.82, 2.24) is 10.6 Å². The minimum atomic E-state index is -0.634. The van der Waals surface area contributed by atoms with Gasteiger partial charge in [-0.1, -0.05) is 6.07 Å². The van der Waals surface area contributed by atoms with Gasteiger partial charge in [0, 0.05) is 5.70 Å². The van der Waals surface area contributed by atoms with E-state index in [1.807, 2.05) is 6.92 Å². The van der Waals surface area contributed by atoms with Gasteiger partial charge in [-0.3, -0.25) is 0 Å². The number of benzene rings is 1. The maximum absolute atomic E-state index is 12.5. The predicted octanol–water partition coefficient (Wildman–Crippen LogP) is 2.67. The third-order valence-corrected chi connectivity index (χ3v) is 3.65. The van der Waals surface area contributed by atoms with Crippen LogP contribution in [0.15, 0.2) is 29.5 Å². The molecule has 1 atom stereocenters. The highest BCUT2D eigenvalue weighted by Crippen LogP contribution is 2.34. The smallest absolute Gasteiger partial charge is 0.338 e. The second-order valence-corrected chi connectivity index (χ2v) is 5.87. The van der Waals surface area contributed by atoms with Crippen molar-refractivity contribution in [3.63, 3.8) is 0 Å². The molecule has 136 valence electrons. The molecule has 1 heterocycles. The van der Waals surface area contributed by atoms with Gasteiger partial charge in [0.25, 0.3) is 0 Å². The number of hydrogen-bond donors (Lipinski definition) is 2. The summed E-state index contributed by atoms with van der Waals surface area (Å²) in [6.45, 7) is 7.56. The Balaban J connectivity index is 2.46. The molecular formula is C18H24N2O5. The lowest BCUT2D eigenvalue weighted by Crippen LogP contribution is -2.45. The molecule has 0 radical (unpaired) electrons. The van der Waals surface area contributed by atoms with E-state index in [0.29, 0.717) is 34.9 Å². The van der Waals surface area contributed by atoms with Crippen LogP contribution in [0.2, 0.25) is 0 Å². The topological polar surface area (TPSA) is 85.9 Å². The molecule has 0 aromatic heterocycles. The number of rotatable bonds is 6. The number of nitrogens with one attached hydrogen (secondary N) is 2. The van der Waals surface area contributed by atoms with Gasteiger partial charge in [0.1, 0.15) is 0 Å². The van der Waals surface area contributed by atoms with E-state index in [1.165, 1.54) is 0 Å². The fraction of sp³-hybridized carbons (Fsp3) is 0.444. The van der Waals surface area contributed by atoms with Crippen LogP contribution in [-0.2, 0) is 9.53 Å². The summed E-state index contributed by atoms with van der Waals surface area (Å²) in [6.07, 6.45) is -0.263. The predicted molar refractivity (Wildman–Crippen MR) is 92.5 cm³/mol. The molecule has 7 heteroatoms. The van der Waals surface area contributed by atoms with Crippen molar-refractivity contribution in [3.8, 4) is 11.5 Å². The van der Waals surface area contributed by atoms with Crippen LogP contribution in [0.25, 0.3) is 0 Å². The van der Waals surface area contributed by atoms with Crippen molar-refractivity contribution in [2.75, 3.05) is 13.7 Å². The molecular weight excluding hydrogens is 324 g/mol. The quantitative estimate of drug-likeness (QED) is 0.772. The van der Waals surface area contributed by atoms with Crippen LogP contribution in [0.3, 0.4) is 0 Å². The summed E-state index contributed by atoms with van der Waals surface area (Å²) in [6, 6.07) is 4.28. The molecule has 7 nitrogen and oxygen atoms in total. The number of allylic oxidation sites excluding steroid dienone is 1. The molecule has 1 aromatic carbocycles. The number of ether oxygens (including phenoxy) is 3. The van der Waals surface area contributed by atoms with Gasteiger partial charge in [0.2, 0.25) is 0 Å². The molecule has 25 heavy (non-hydrogen) atoms. The number of esters is 1. The van der Waals surface area contributed by atoms with E-state index >= 15 is 0 Å². The molecule has 1 aliphatic heterocycles. The summed E-state index contributed by atoms with van der Waals surface area (Å²) in [5.41, 5.74) is 1.53. The molecule has 2 rings (SSSR count). The molecule has 0 aliphatic carbocycles. The van der Waals surface area contributed by atoms with Crippen molar-refractivity contribution in [2.45, 2.75) is 39.8 Å². The first-order valence-electron chi connectivity index (χ1n) is 8.17. The van der Waals surface area contributed by atoms with Gasteiger partial charge >= 0.3 is 12.0 Å². The Bertz CT molecular complexity index is 697. The number of methoxy groups -OCH3 is 1. The minimum absolute atomic E-state index is 0.263. The second kappa shape index (κ2) is 7.92. The summed E-state index contributed by atoms with van der Waals surface area (Å²) in [4.78, 5) is 24.4. The highest BCUT2D eigenvalue weighted by atomic mass is 16.5. The van der Waals surface area contributed by atoms with E-state index in [1.54, 1.807) is 46.1 Å². The van der Waals surface area contributed by atoms with Crippen LogP contribution in [0.1, 0.15) is 39.3 Å². The fourth-order valence-corrected chi connectivity index (χ4v) is 2.63. The summed E-state index contributed by atoms with van der Waals surface area (Å²) < 4.78 is 16.2. The van der Waals surface area contributed by atoms with Crippen LogP contribution >= 0.6 is 0 Å². The Morgan fingerprint density at radius 1 is 1.28 bits per heavy atom. The zero-order valence-electron chi connectivity index (χ0n) is 15.1. The van der Waals surface area contributed by atoms with Crippen molar-refractivity contribution in [1.29, 1.82) is 0 Å². The third kappa shape index (κ3) is 4.23. The summed E-state index contributed by atoms with van der Waals surface area (Å²) in [5.74, 6) is 0.654. The number of amides is 2. The van der Waals surface area contributed by atoms with Gasteiger partial charge in [0.05, 0.1) is 31.4 Å². The van der Waals surface area contributed by atoms with Crippen LogP contribution < -0.4 is 20.1 Å². The molecule has 0 spiro atoms. The highest BCUT2D eigenvalue weighted by Gasteiger charge is 2.33. The Morgan fingerprint density at radius 2 is 2.00 bits per heavy atom. The summed E-state index contributed by atoms with van der Waals surface area (Å²) in [7, 11) is 1.55. The van der Waals surface area contributed by atoms with E-state index in [-0.39, 0.29) is 12.1 Å².